The molecule has 0 aliphatic heterocycles. The number of rotatable bonds is 4. The zero-order chi connectivity index (χ0) is 13.8. The Balaban J connectivity index is 2.44. The maximum absolute atomic E-state index is 11.2. The van der Waals surface area contributed by atoms with E-state index in [1.54, 1.807) is 0 Å². The summed E-state index contributed by atoms with van der Waals surface area (Å²) in [6.07, 6.45) is 1.04. The Kier molecular flexibility index (Phi) is 4.00. The predicted molar refractivity (Wildman–Crippen MR) is 77.8 cm³/mol. The van der Waals surface area contributed by atoms with Gasteiger partial charge in [-0.15, -0.1) is 0 Å². The van der Waals surface area contributed by atoms with Crippen molar-refractivity contribution in [3.05, 3.63) is 53.6 Å². The van der Waals surface area contributed by atoms with Gasteiger partial charge < -0.3 is 4.74 Å². The standard InChI is InChI=1S/C17H18O2/c1-12(2)19-16-6-4-5-14(10-16)17-8-7-13(3)9-15(17)11-18/h4-12H,1-3H3. The lowest BCUT2D eigenvalue weighted by atomic mass is 9.98. The van der Waals surface area contributed by atoms with E-state index in [0.717, 1.165) is 28.7 Å². The van der Waals surface area contributed by atoms with Gasteiger partial charge in [0.25, 0.3) is 0 Å². The molecular weight excluding hydrogens is 236 g/mol. The normalized spacial score (nSPS) is 10.5. The van der Waals surface area contributed by atoms with Gasteiger partial charge in [-0.3, -0.25) is 4.79 Å². The Morgan fingerprint density at radius 3 is 2.58 bits per heavy atom. The van der Waals surface area contributed by atoms with E-state index in [4.69, 9.17) is 4.74 Å². The molecular formula is C17H18O2. The highest BCUT2D eigenvalue weighted by molar-refractivity contribution is 5.88. The molecule has 0 N–H and O–H groups in total. The van der Waals surface area contributed by atoms with E-state index < -0.39 is 0 Å². The number of aryl methyl sites for hydroxylation is 1. The Morgan fingerprint density at radius 2 is 1.89 bits per heavy atom. The average molecular weight is 254 g/mol. The minimum absolute atomic E-state index is 0.138. The second kappa shape index (κ2) is 5.70. The third kappa shape index (κ3) is 3.22. The minimum Gasteiger partial charge on any atom is -0.491 e. The van der Waals surface area contributed by atoms with Crippen LogP contribution in [0, 0.1) is 6.92 Å². The van der Waals surface area contributed by atoms with Crippen LogP contribution in [0.25, 0.3) is 11.1 Å². The molecule has 2 aromatic carbocycles. The van der Waals surface area contributed by atoms with Gasteiger partial charge in [0, 0.05) is 5.56 Å². The summed E-state index contributed by atoms with van der Waals surface area (Å²) in [5.74, 6) is 0.824. The predicted octanol–water partition coefficient (Wildman–Crippen LogP) is 4.26. The Labute approximate surface area is 114 Å². The van der Waals surface area contributed by atoms with Crippen molar-refractivity contribution in [2.45, 2.75) is 26.9 Å². The van der Waals surface area contributed by atoms with Crippen LogP contribution in [-0.4, -0.2) is 12.4 Å². The SMILES string of the molecule is Cc1ccc(-c2cccc(OC(C)C)c2)c(C=O)c1. The molecule has 0 saturated heterocycles. The van der Waals surface area contributed by atoms with E-state index in [2.05, 4.69) is 0 Å². The molecule has 2 nitrogen and oxygen atoms in total. The second-order valence-corrected chi connectivity index (χ2v) is 4.90. The first-order chi connectivity index (χ1) is 9.10. The Hall–Kier alpha value is -2.09. The molecule has 0 aliphatic rings. The van der Waals surface area contributed by atoms with E-state index in [1.165, 1.54) is 0 Å². The van der Waals surface area contributed by atoms with Crippen molar-refractivity contribution >= 4 is 6.29 Å². The lowest BCUT2D eigenvalue weighted by molar-refractivity contribution is 0.112. The first-order valence-electron chi connectivity index (χ1n) is 6.43. The van der Waals surface area contributed by atoms with E-state index in [1.807, 2.05) is 63.2 Å². The molecule has 0 radical (unpaired) electrons. The molecule has 0 heterocycles. The summed E-state index contributed by atoms with van der Waals surface area (Å²) in [6, 6.07) is 13.7. The molecule has 0 atom stereocenters. The van der Waals surface area contributed by atoms with Gasteiger partial charge in [0.2, 0.25) is 0 Å². The molecule has 0 aliphatic carbocycles. The van der Waals surface area contributed by atoms with Crippen molar-refractivity contribution in [3.8, 4) is 16.9 Å². The summed E-state index contributed by atoms with van der Waals surface area (Å²) in [7, 11) is 0. The number of hydrogen-bond donors (Lipinski definition) is 0. The van der Waals surface area contributed by atoms with E-state index >= 15 is 0 Å². The molecule has 0 bridgehead atoms. The maximum atomic E-state index is 11.2. The van der Waals surface area contributed by atoms with Crippen molar-refractivity contribution in [1.82, 2.24) is 0 Å². The topological polar surface area (TPSA) is 26.3 Å². The first kappa shape index (κ1) is 13.3. The number of carbonyl (C=O) groups is 1. The van der Waals surface area contributed by atoms with Crippen molar-refractivity contribution in [2.75, 3.05) is 0 Å². The quantitative estimate of drug-likeness (QED) is 0.762. The number of aldehydes is 1. The fourth-order valence-corrected chi connectivity index (χ4v) is 2.05. The molecule has 2 heteroatoms. The van der Waals surface area contributed by atoms with Crippen LogP contribution in [0.5, 0.6) is 5.75 Å². The van der Waals surface area contributed by atoms with E-state index in [-0.39, 0.29) is 6.10 Å². The highest BCUT2D eigenvalue weighted by atomic mass is 16.5. The van der Waals surface area contributed by atoms with Crippen molar-refractivity contribution in [1.29, 1.82) is 0 Å². The van der Waals surface area contributed by atoms with E-state index in [0.29, 0.717) is 5.56 Å². The Bertz CT molecular complexity index is 586. The van der Waals surface area contributed by atoms with Crippen LogP contribution in [0.3, 0.4) is 0 Å². The highest BCUT2D eigenvalue weighted by Crippen LogP contribution is 2.27. The number of ether oxygens (including phenoxy) is 1. The lowest BCUT2D eigenvalue weighted by Gasteiger charge is -2.12. The third-order valence-electron chi connectivity index (χ3n) is 2.85. The molecule has 2 rings (SSSR count). The summed E-state index contributed by atoms with van der Waals surface area (Å²) in [5, 5.41) is 0. The summed E-state index contributed by atoms with van der Waals surface area (Å²) in [5.41, 5.74) is 3.73. The fourth-order valence-electron chi connectivity index (χ4n) is 2.05. The smallest absolute Gasteiger partial charge is 0.150 e. The first-order valence-corrected chi connectivity index (χ1v) is 6.43. The van der Waals surface area contributed by atoms with Crippen LogP contribution in [0.4, 0.5) is 0 Å². The summed E-state index contributed by atoms with van der Waals surface area (Å²) in [6.45, 7) is 5.97. The van der Waals surface area contributed by atoms with Gasteiger partial charge in [0.05, 0.1) is 6.10 Å². The molecule has 0 saturated carbocycles. The van der Waals surface area contributed by atoms with Gasteiger partial charge >= 0.3 is 0 Å². The van der Waals surface area contributed by atoms with Crippen LogP contribution in [0.15, 0.2) is 42.5 Å². The van der Waals surface area contributed by atoms with Crippen LogP contribution in [0.2, 0.25) is 0 Å². The largest absolute Gasteiger partial charge is 0.491 e. The third-order valence-corrected chi connectivity index (χ3v) is 2.85. The summed E-state index contributed by atoms with van der Waals surface area (Å²) < 4.78 is 5.69. The monoisotopic (exact) mass is 254 g/mol. The fraction of sp³-hybridized carbons (Fsp3) is 0.235. The molecule has 19 heavy (non-hydrogen) atoms. The van der Waals surface area contributed by atoms with Gasteiger partial charge in [-0.1, -0.05) is 29.8 Å². The molecule has 98 valence electrons. The number of carbonyl (C=O) groups excluding carboxylic acids is 1. The number of benzene rings is 2. The summed E-state index contributed by atoms with van der Waals surface area (Å²) in [4.78, 5) is 11.2. The van der Waals surface area contributed by atoms with Gasteiger partial charge in [0.15, 0.2) is 6.29 Å². The van der Waals surface area contributed by atoms with E-state index in [9.17, 15) is 4.79 Å². The van der Waals surface area contributed by atoms with Crippen LogP contribution in [-0.2, 0) is 0 Å². The molecule has 0 fully saturated rings. The average Bonchev–Trinajstić information content (AvgIpc) is 2.38. The van der Waals surface area contributed by atoms with Gasteiger partial charge in [-0.2, -0.15) is 0 Å². The highest BCUT2D eigenvalue weighted by Gasteiger charge is 2.06. The second-order valence-electron chi connectivity index (χ2n) is 4.90. The summed E-state index contributed by atoms with van der Waals surface area (Å²) >= 11 is 0. The van der Waals surface area contributed by atoms with Crippen molar-refractivity contribution in [3.63, 3.8) is 0 Å². The van der Waals surface area contributed by atoms with Gasteiger partial charge in [-0.25, -0.2) is 0 Å². The Morgan fingerprint density at radius 1 is 1.11 bits per heavy atom. The lowest BCUT2D eigenvalue weighted by Crippen LogP contribution is -2.05. The zero-order valence-corrected chi connectivity index (χ0v) is 11.5. The van der Waals surface area contributed by atoms with Crippen LogP contribution in [0.1, 0.15) is 29.8 Å². The van der Waals surface area contributed by atoms with Crippen LogP contribution < -0.4 is 4.74 Å². The van der Waals surface area contributed by atoms with Crippen LogP contribution >= 0.6 is 0 Å². The number of hydrogen-bond acceptors (Lipinski definition) is 2. The molecule has 0 spiro atoms. The minimum atomic E-state index is 0.138. The molecule has 0 aromatic heterocycles. The van der Waals surface area contributed by atoms with Gasteiger partial charge in [-0.05, 0) is 50.1 Å². The molecule has 2 aromatic rings. The van der Waals surface area contributed by atoms with Crippen molar-refractivity contribution in [2.24, 2.45) is 0 Å². The zero-order valence-electron chi connectivity index (χ0n) is 11.5. The molecule has 0 amide bonds. The van der Waals surface area contributed by atoms with Crippen molar-refractivity contribution < 1.29 is 9.53 Å². The molecule has 0 unspecified atom stereocenters. The maximum Gasteiger partial charge on any atom is 0.150 e. The van der Waals surface area contributed by atoms with Gasteiger partial charge in [0.1, 0.15) is 5.75 Å².